The van der Waals surface area contributed by atoms with Crippen molar-refractivity contribution in [3.63, 3.8) is 0 Å². The van der Waals surface area contributed by atoms with Crippen LogP contribution in [0.25, 0.3) is 10.9 Å². The molecule has 0 atom stereocenters. The highest BCUT2D eigenvalue weighted by atomic mass is 79.9. The van der Waals surface area contributed by atoms with Gasteiger partial charge < -0.3 is 5.32 Å². The van der Waals surface area contributed by atoms with Crippen molar-refractivity contribution < 1.29 is 8.78 Å². The van der Waals surface area contributed by atoms with E-state index in [1.54, 1.807) is 6.07 Å². The number of nitrogens with one attached hydrogen (secondary N) is 1. The Hall–Kier alpha value is -1.23. The third-order valence-electron chi connectivity index (χ3n) is 3.11. The van der Waals surface area contributed by atoms with Gasteiger partial charge in [-0.1, -0.05) is 20.8 Å². The SMILES string of the molecule is CCCNc1cc(C(C)C)nc2c(F)cc(Br)c(F)c12. The molecule has 108 valence electrons. The summed E-state index contributed by atoms with van der Waals surface area (Å²) in [6, 6.07) is 2.93. The van der Waals surface area contributed by atoms with Gasteiger partial charge in [0.2, 0.25) is 0 Å². The zero-order valence-electron chi connectivity index (χ0n) is 11.7. The number of hydrogen-bond donors (Lipinski definition) is 1. The zero-order valence-corrected chi connectivity index (χ0v) is 13.3. The summed E-state index contributed by atoms with van der Waals surface area (Å²) < 4.78 is 28.5. The molecule has 1 heterocycles. The number of nitrogens with zero attached hydrogens (tertiary/aromatic N) is 1. The molecule has 0 aliphatic carbocycles. The molecule has 0 spiro atoms. The maximum atomic E-state index is 14.3. The first-order chi connectivity index (χ1) is 9.45. The minimum Gasteiger partial charge on any atom is -0.384 e. The molecule has 0 saturated carbocycles. The summed E-state index contributed by atoms with van der Waals surface area (Å²) in [4.78, 5) is 4.27. The molecule has 5 heteroatoms. The van der Waals surface area contributed by atoms with Crippen LogP contribution in [0.2, 0.25) is 0 Å². The summed E-state index contributed by atoms with van der Waals surface area (Å²) in [5, 5.41) is 3.36. The van der Waals surface area contributed by atoms with E-state index in [1.165, 1.54) is 0 Å². The van der Waals surface area contributed by atoms with Crippen molar-refractivity contribution in [1.29, 1.82) is 0 Å². The smallest absolute Gasteiger partial charge is 0.150 e. The standard InChI is InChI=1S/C15H17BrF2N2/c1-4-5-19-12-7-11(8(2)3)20-15-10(17)6-9(16)14(18)13(12)15/h6-8H,4-5H2,1-3H3,(H,19,20). The summed E-state index contributed by atoms with van der Waals surface area (Å²) >= 11 is 3.05. The summed E-state index contributed by atoms with van der Waals surface area (Å²) in [6.07, 6.45) is 0.902. The predicted octanol–water partition coefficient (Wildman–Crippen LogP) is 5.22. The number of rotatable bonds is 4. The van der Waals surface area contributed by atoms with E-state index in [0.717, 1.165) is 18.2 Å². The molecule has 0 unspecified atom stereocenters. The lowest BCUT2D eigenvalue weighted by Crippen LogP contribution is -2.05. The lowest BCUT2D eigenvalue weighted by molar-refractivity contribution is 0.609. The van der Waals surface area contributed by atoms with Gasteiger partial charge in [-0.2, -0.15) is 0 Å². The minimum absolute atomic E-state index is 0.0792. The molecule has 0 aliphatic heterocycles. The summed E-state index contributed by atoms with van der Waals surface area (Å²) in [7, 11) is 0. The highest BCUT2D eigenvalue weighted by molar-refractivity contribution is 9.10. The molecule has 0 bridgehead atoms. The molecule has 1 aromatic heterocycles. The van der Waals surface area contributed by atoms with Gasteiger partial charge in [-0.3, -0.25) is 0 Å². The van der Waals surface area contributed by atoms with E-state index in [-0.39, 0.29) is 21.3 Å². The second-order valence-corrected chi connectivity index (χ2v) is 5.91. The van der Waals surface area contributed by atoms with Crippen LogP contribution in [0.1, 0.15) is 38.8 Å². The fourth-order valence-corrected chi connectivity index (χ4v) is 2.42. The molecular formula is C15H17BrF2N2. The first-order valence-corrected chi connectivity index (χ1v) is 7.47. The molecule has 0 aliphatic rings. The van der Waals surface area contributed by atoms with Crippen LogP contribution in [0.3, 0.4) is 0 Å². The van der Waals surface area contributed by atoms with E-state index in [9.17, 15) is 8.78 Å². The summed E-state index contributed by atoms with van der Waals surface area (Å²) in [5.41, 5.74) is 1.42. The lowest BCUT2D eigenvalue weighted by Gasteiger charge is -2.14. The number of hydrogen-bond acceptors (Lipinski definition) is 2. The average molecular weight is 343 g/mol. The largest absolute Gasteiger partial charge is 0.384 e. The van der Waals surface area contributed by atoms with Crippen LogP contribution < -0.4 is 5.32 Å². The number of pyridine rings is 1. The van der Waals surface area contributed by atoms with Crippen LogP contribution in [-0.4, -0.2) is 11.5 Å². The molecule has 0 fully saturated rings. The van der Waals surface area contributed by atoms with Gasteiger partial charge in [0, 0.05) is 17.9 Å². The second kappa shape index (κ2) is 6.04. The van der Waals surface area contributed by atoms with Crippen molar-refractivity contribution in [3.05, 3.63) is 33.9 Å². The van der Waals surface area contributed by atoms with Crippen molar-refractivity contribution in [3.8, 4) is 0 Å². The molecule has 1 N–H and O–H groups in total. The van der Waals surface area contributed by atoms with Gasteiger partial charge >= 0.3 is 0 Å². The van der Waals surface area contributed by atoms with E-state index in [1.807, 2.05) is 20.8 Å². The molecule has 0 radical (unpaired) electrons. The van der Waals surface area contributed by atoms with Crippen LogP contribution in [0.5, 0.6) is 0 Å². The Kier molecular flexibility index (Phi) is 4.58. The maximum absolute atomic E-state index is 14.3. The highest BCUT2D eigenvalue weighted by Crippen LogP contribution is 2.33. The third kappa shape index (κ3) is 2.77. The highest BCUT2D eigenvalue weighted by Gasteiger charge is 2.17. The average Bonchev–Trinajstić information content (AvgIpc) is 2.41. The topological polar surface area (TPSA) is 24.9 Å². The first kappa shape index (κ1) is 15.2. The fourth-order valence-electron chi connectivity index (χ4n) is 2.02. The van der Waals surface area contributed by atoms with E-state index in [2.05, 4.69) is 26.2 Å². The van der Waals surface area contributed by atoms with Crippen molar-refractivity contribution in [2.24, 2.45) is 0 Å². The summed E-state index contributed by atoms with van der Waals surface area (Å²) in [5.74, 6) is -0.856. The Labute approximate surface area is 125 Å². The van der Waals surface area contributed by atoms with Crippen molar-refractivity contribution in [2.75, 3.05) is 11.9 Å². The van der Waals surface area contributed by atoms with Crippen LogP contribution in [0, 0.1) is 11.6 Å². The van der Waals surface area contributed by atoms with Crippen molar-refractivity contribution >= 4 is 32.5 Å². The quantitative estimate of drug-likeness (QED) is 0.770. The molecule has 2 aromatic rings. The van der Waals surface area contributed by atoms with Gasteiger partial charge in [0.25, 0.3) is 0 Å². The van der Waals surface area contributed by atoms with Crippen LogP contribution in [0.15, 0.2) is 16.6 Å². The number of fused-ring (bicyclic) bond motifs is 1. The van der Waals surface area contributed by atoms with Crippen LogP contribution >= 0.6 is 15.9 Å². The molecule has 2 nitrogen and oxygen atoms in total. The van der Waals surface area contributed by atoms with E-state index in [0.29, 0.717) is 12.2 Å². The van der Waals surface area contributed by atoms with Gasteiger partial charge in [-0.25, -0.2) is 13.8 Å². The van der Waals surface area contributed by atoms with Crippen LogP contribution in [0.4, 0.5) is 14.5 Å². The zero-order chi connectivity index (χ0) is 14.9. The van der Waals surface area contributed by atoms with Crippen LogP contribution in [-0.2, 0) is 0 Å². The van der Waals surface area contributed by atoms with Gasteiger partial charge in [-0.05, 0) is 40.4 Å². The predicted molar refractivity (Wildman–Crippen MR) is 82.2 cm³/mol. The number of aromatic nitrogens is 1. The molecule has 20 heavy (non-hydrogen) atoms. The Morgan fingerprint density at radius 1 is 1.30 bits per heavy atom. The summed E-state index contributed by atoms with van der Waals surface area (Å²) in [6.45, 7) is 6.67. The fraction of sp³-hybridized carbons (Fsp3) is 0.400. The molecule has 0 amide bonds. The molecule has 2 rings (SSSR count). The minimum atomic E-state index is -0.518. The molecular weight excluding hydrogens is 326 g/mol. The van der Waals surface area contributed by atoms with Gasteiger partial charge in [0.15, 0.2) is 5.82 Å². The molecule has 1 aromatic carbocycles. The van der Waals surface area contributed by atoms with Gasteiger partial charge in [0.05, 0.1) is 9.86 Å². The Bertz CT molecular complexity index is 642. The first-order valence-electron chi connectivity index (χ1n) is 6.67. The van der Waals surface area contributed by atoms with E-state index < -0.39 is 11.6 Å². The lowest BCUT2D eigenvalue weighted by atomic mass is 10.1. The Morgan fingerprint density at radius 3 is 2.60 bits per heavy atom. The Balaban J connectivity index is 2.77. The van der Waals surface area contributed by atoms with Gasteiger partial charge in [-0.15, -0.1) is 0 Å². The number of anilines is 1. The normalized spacial score (nSPS) is 11.3. The number of benzene rings is 1. The van der Waals surface area contributed by atoms with Crippen molar-refractivity contribution in [2.45, 2.75) is 33.1 Å². The second-order valence-electron chi connectivity index (χ2n) is 5.05. The Morgan fingerprint density at radius 2 is 2.00 bits per heavy atom. The number of halogens is 3. The van der Waals surface area contributed by atoms with Crippen molar-refractivity contribution in [1.82, 2.24) is 4.98 Å². The maximum Gasteiger partial charge on any atom is 0.150 e. The van der Waals surface area contributed by atoms with E-state index >= 15 is 0 Å². The molecule has 0 saturated heterocycles. The monoisotopic (exact) mass is 342 g/mol. The van der Waals surface area contributed by atoms with E-state index in [4.69, 9.17) is 0 Å². The van der Waals surface area contributed by atoms with Gasteiger partial charge in [0.1, 0.15) is 11.3 Å². The third-order valence-corrected chi connectivity index (χ3v) is 3.68.